The molecular formula is C23H27N4O3+. The van der Waals surface area contributed by atoms with E-state index in [0.29, 0.717) is 5.69 Å². The Labute approximate surface area is 176 Å². The number of piperazine rings is 1. The SMILES string of the molecule is COc1ccc(C[NH+]2CCN(C(=O)c3cc(-c4ccccc4)n[nH]3)CC2)cc1OC. The fraction of sp³-hybridized carbons (Fsp3) is 0.304. The van der Waals surface area contributed by atoms with E-state index >= 15 is 0 Å². The summed E-state index contributed by atoms with van der Waals surface area (Å²) in [5.74, 6) is 1.49. The van der Waals surface area contributed by atoms with Crippen molar-refractivity contribution in [2.45, 2.75) is 6.54 Å². The molecular weight excluding hydrogens is 380 g/mol. The van der Waals surface area contributed by atoms with E-state index in [1.807, 2.05) is 53.4 Å². The standard InChI is InChI=1S/C23H26N4O3/c1-29-21-9-8-17(14-22(21)30-2)16-26-10-12-27(13-11-26)23(28)20-15-19(24-25-20)18-6-4-3-5-7-18/h3-9,14-15H,10-13,16H2,1-2H3,(H,24,25)/p+1. The van der Waals surface area contributed by atoms with Crippen LogP contribution in [0.15, 0.2) is 54.6 Å². The van der Waals surface area contributed by atoms with E-state index in [4.69, 9.17) is 9.47 Å². The third kappa shape index (κ3) is 4.31. The van der Waals surface area contributed by atoms with Crippen LogP contribution in [0, 0.1) is 0 Å². The number of H-pyrrole nitrogens is 1. The average Bonchev–Trinajstić information content (AvgIpc) is 3.30. The fourth-order valence-electron chi connectivity index (χ4n) is 3.84. The molecule has 3 aromatic rings. The van der Waals surface area contributed by atoms with Crippen molar-refractivity contribution in [2.24, 2.45) is 0 Å². The van der Waals surface area contributed by atoms with Gasteiger partial charge in [0.1, 0.15) is 12.2 Å². The van der Waals surface area contributed by atoms with E-state index in [-0.39, 0.29) is 5.91 Å². The van der Waals surface area contributed by atoms with Crippen LogP contribution < -0.4 is 14.4 Å². The number of carbonyl (C=O) groups is 1. The van der Waals surface area contributed by atoms with Gasteiger partial charge in [0.15, 0.2) is 11.5 Å². The minimum Gasteiger partial charge on any atom is -0.493 e. The van der Waals surface area contributed by atoms with Crippen molar-refractivity contribution in [3.8, 4) is 22.8 Å². The average molecular weight is 407 g/mol. The van der Waals surface area contributed by atoms with Gasteiger partial charge in [-0.2, -0.15) is 5.10 Å². The molecule has 1 saturated heterocycles. The predicted octanol–water partition coefficient (Wildman–Crippen LogP) is 1.63. The summed E-state index contributed by atoms with van der Waals surface area (Å²) >= 11 is 0. The Bertz CT molecular complexity index is 995. The molecule has 0 spiro atoms. The van der Waals surface area contributed by atoms with Crippen molar-refractivity contribution in [3.05, 3.63) is 65.9 Å². The molecule has 1 aliphatic rings. The molecule has 0 unspecified atom stereocenters. The van der Waals surface area contributed by atoms with Crippen molar-refractivity contribution < 1.29 is 19.2 Å². The number of aromatic nitrogens is 2. The highest BCUT2D eigenvalue weighted by Gasteiger charge is 2.26. The topological polar surface area (TPSA) is 71.9 Å². The Morgan fingerprint density at radius 2 is 1.77 bits per heavy atom. The lowest BCUT2D eigenvalue weighted by atomic mass is 10.1. The van der Waals surface area contributed by atoms with Gasteiger partial charge in [-0.15, -0.1) is 0 Å². The maximum atomic E-state index is 12.9. The second-order valence-electron chi connectivity index (χ2n) is 7.44. The van der Waals surface area contributed by atoms with Crippen LogP contribution in [0.25, 0.3) is 11.3 Å². The highest BCUT2D eigenvalue weighted by atomic mass is 16.5. The molecule has 156 valence electrons. The summed E-state index contributed by atoms with van der Waals surface area (Å²) in [7, 11) is 3.29. The second-order valence-corrected chi connectivity index (χ2v) is 7.44. The summed E-state index contributed by atoms with van der Waals surface area (Å²) in [5.41, 5.74) is 3.52. The lowest BCUT2D eigenvalue weighted by Crippen LogP contribution is -3.13. The van der Waals surface area contributed by atoms with E-state index in [1.165, 1.54) is 10.5 Å². The molecule has 1 aromatic heterocycles. The number of amides is 1. The van der Waals surface area contributed by atoms with Crippen molar-refractivity contribution >= 4 is 5.91 Å². The number of carbonyl (C=O) groups excluding carboxylic acids is 1. The Morgan fingerprint density at radius 3 is 2.47 bits per heavy atom. The Kier molecular flexibility index (Phi) is 5.99. The molecule has 0 bridgehead atoms. The fourth-order valence-corrected chi connectivity index (χ4v) is 3.84. The minimum atomic E-state index is 0.00912. The number of nitrogens with one attached hydrogen (secondary N) is 2. The Balaban J connectivity index is 1.34. The van der Waals surface area contributed by atoms with Crippen LogP contribution in [0.4, 0.5) is 0 Å². The highest BCUT2D eigenvalue weighted by molar-refractivity contribution is 5.93. The molecule has 1 fully saturated rings. The third-order valence-corrected chi connectivity index (χ3v) is 5.54. The number of methoxy groups -OCH3 is 2. The molecule has 0 saturated carbocycles. The molecule has 7 heteroatoms. The molecule has 0 atom stereocenters. The summed E-state index contributed by atoms with van der Waals surface area (Å²) in [6.07, 6.45) is 0. The molecule has 2 N–H and O–H groups in total. The molecule has 0 aliphatic carbocycles. The van der Waals surface area contributed by atoms with Gasteiger partial charge in [-0.05, 0) is 24.3 Å². The lowest BCUT2D eigenvalue weighted by molar-refractivity contribution is -0.917. The molecule has 0 radical (unpaired) electrons. The second kappa shape index (κ2) is 9.00. The van der Waals surface area contributed by atoms with Crippen LogP contribution in [-0.2, 0) is 6.54 Å². The van der Waals surface area contributed by atoms with Crippen molar-refractivity contribution in [1.29, 1.82) is 0 Å². The van der Waals surface area contributed by atoms with Crippen molar-refractivity contribution in [1.82, 2.24) is 15.1 Å². The number of aromatic amines is 1. The number of hydrogen-bond donors (Lipinski definition) is 2. The first-order valence-electron chi connectivity index (χ1n) is 10.1. The lowest BCUT2D eigenvalue weighted by Gasteiger charge is -2.32. The Hall–Kier alpha value is -3.32. The summed E-state index contributed by atoms with van der Waals surface area (Å²) in [6, 6.07) is 17.7. The first-order valence-corrected chi connectivity index (χ1v) is 10.1. The summed E-state index contributed by atoms with van der Waals surface area (Å²) in [6.45, 7) is 4.15. The van der Waals surface area contributed by atoms with Crippen molar-refractivity contribution in [2.75, 3.05) is 40.4 Å². The predicted molar refractivity (Wildman–Crippen MR) is 114 cm³/mol. The number of hydrogen-bond acceptors (Lipinski definition) is 4. The molecule has 4 rings (SSSR count). The van der Waals surface area contributed by atoms with Gasteiger partial charge in [-0.1, -0.05) is 30.3 Å². The first kappa shape index (κ1) is 20.0. The maximum absolute atomic E-state index is 12.9. The quantitative estimate of drug-likeness (QED) is 0.652. The van der Waals surface area contributed by atoms with Gasteiger partial charge in [-0.3, -0.25) is 9.89 Å². The van der Waals surface area contributed by atoms with E-state index in [1.54, 1.807) is 14.2 Å². The van der Waals surface area contributed by atoms with E-state index in [9.17, 15) is 4.79 Å². The van der Waals surface area contributed by atoms with Crippen molar-refractivity contribution in [3.63, 3.8) is 0 Å². The van der Waals surface area contributed by atoms with Gasteiger partial charge in [0, 0.05) is 11.1 Å². The summed E-state index contributed by atoms with van der Waals surface area (Å²) in [4.78, 5) is 16.2. The number of ether oxygens (including phenoxy) is 2. The molecule has 2 aromatic carbocycles. The number of benzene rings is 2. The van der Waals surface area contributed by atoms with Crippen LogP contribution in [-0.4, -0.2) is 61.4 Å². The Morgan fingerprint density at radius 1 is 1.03 bits per heavy atom. The largest absolute Gasteiger partial charge is 0.493 e. The smallest absolute Gasteiger partial charge is 0.272 e. The van der Waals surface area contributed by atoms with Gasteiger partial charge in [0.25, 0.3) is 5.91 Å². The molecule has 2 heterocycles. The number of quaternary nitrogens is 1. The first-order chi connectivity index (χ1) is 14.7. The van der Waals surface area contributed by atoms with Gasteiger partial charge in [0.05, 0.1) is 46.1 Å². The third-order valence-electron chi connectivity index (χ3n) is 5.54. The van der Waals surface area contributed by atoms with Crippen LogP contribution in [0.5, 0.6) is 11.5 Å². The molecule has 30 heavy (non-hydrogen) atoms. The van der Waals surface area contributed by atoms with E-state index in [2.05, 4.69) is 16.3 Å². The maximum Gasteiger partial charge on any atom is 0.272 e. The molecule has 1 amide bonds. The van der Waals surface area contributed by atoms with Crippen LogP contribution >= 0.6 is 0 Å². The molecule has 7 nitrogen and oxygen atoms in total. The normalized spacial score (nSPS) is 14.5. The van der Waals surface area contributed by atoms with E-state index in [0.717, 1.165) is 55.5 Å². The zero-order chi connectivity index (χ0) is 20.9. The monoisotopic (exact) mass is 407 g/mol. The van der Waals surface area contributed by atoms with Crippen LogP contribution in [0.1, 0.15) is 16.1 Å². The summed E-state index contributed by atoms with van der Waals surface area (Å²) in [5, 5.41) is 7.21. The summed E-state index contributed by atoms with van der Waals surface area (Å²) < 4.78 is 10.7. The van der Waals surface area contributed by atoms with E-state index < -0.39 is 0 Å². The van der Waals surface area contributed by atoms with Gasteiger partial charge >= 0.3 is 0 Å². The minimum absolute atomic E-state index is 0.00912. The number of nitrogens with zero attached hydrogens (tertiary/aromatic N) is 2. The molecule has 1 aliphatic heterocycles. The zero-order valence-corrected chi connectivity index (χ0v) is 17.4. The van der Waals surface area contributed by atoms with Gasteiger partial charge in [-0.25, -0.2) is 0 Å². The zero-order valence-electron chi connectivity index (χ0n) is 17.4. The van der Waals surface area contributed by atoms with Crippen LogP contribution in [0.2, 0.25) is 0 Å². The van der Waals surface area contributed by atoms with Gasteiger partial charge in [0.2, 0.25) is 0 Å². The number of rotatable bonds is 6. The van der Waals surface area contributed by atoms with Gasteiger partial charge < -0.3 is 19.3 Å². The van der Waals surface area contributed by atoms with Crippen LogP contribution in [0.3, 0.4) is 0 Å². The highest BCUT2D eigenvalue weighted by Crippen LogP contribution is 2.27.